The Kier molecular flexibility index (Phi) is 4.20. The highest BCUT2D eigenvalue weighted by Gasteiger charge is 2.12. The molecule has 1 aromatic heterocycles. The molecule has 1 aromatic carbocycles. The number of para-hydroxylation sites is 1. The standard InChI is InChI=1S/C15H19N3O2/c1-10(2)16-17-14-11(3)15(20)18(8-9-19)13-7-5-4-6-12(13)14/h4-7,17,19H,8-9H2,1-3H3. The average Bonchev–Trinajstić information content (AvgIpc) is 2.43. The third-order valence-electron chi connectivity index (χ3n) is 3.12. The minimum Gasteiger partial charge on any atom is -0.395 e. The number of nitrogens with one attached hydrogen (secondary N) is 1. The highest BCUT2D eigenvalue weighted by molar-refractivity contribution is 5.93. The topological polar surface area (TPSA) is 66.6 Å². The summed E-state index contributed by atoms with van der Waals surface area (Å²) in [4.78, 5) is 12.4. The third-order valence-corrected chi connectivity index (χ3v) is 3.12. The van der Waals surface area contributed by atoms with Gasteiger partial charge in [-0.3, -0.25) is 10.2 Å². The summed E-state index contributed by atoms with van der Waals surface area (Å²) in [7, 11) is 0. The maximum Gasteiger partial charge on any atom is 0.256 e. The van der Waals surface area contributed by atoms with E-state index < -0.39 is 0 Å². The molecule has 5 heteroatoms. The fourth-order valence-corrected chi connectivity index (χ4v) is 2.17. The van der Waals surface area contributed by atoms with Crippen LogP contribution < -0.4 is 11.0 Å². The Morgan fingerprint density at radius 2 is 2.05 bits per heavy atom. The molecule has 0 aliphatic rings. The summed E-state index contributed by atoms with van der Waals surface area (Å²) < 4.78 is 1.60. The van der Waals surface area contributed by atoms with E-state index in [9.17, 15) is 4.79 Å². The molecule has 0 aliphatic carbocycles. The summed E-state index contributed by atoms with van der Waals surface area (Å²) in [6.45, 7) is 5.76. The van der Waals surface area contributed by atoms with E-state index in [0.29, 0.717) is 5.56 Å². The van der Waals surface area contributed by atoms with Crippen LogP contribution in [0, 0.1) is 6.92 Å². The largest absolute Gasteiger partial charge is 0.395 e. The molecule has 0 amide bonds. The van der Waals surface area contributed by atoms with Gasteiger partial charge in [-0.1, -0.05) is 18.2 Å². The van der Waals surface area contributed by atoms with Crippen molar-refractivity contribution in [2.45, 2.75) is 27.3 Å². The van der Waals surface area contributed by atoms with Crippen molar-refractivity contribution >= 4 is 22.3 Å². The van der Waals surface area contributed by atoms with Gasteiger partial charge < -0.3 is 9.67 Å². The van der Waals surface area contributed by atoms with Crippen molar-refractivity contribution in [1.29, 1.82) is 0 Å². The third kappa shape index (κ3) is 2.58. The van der Waals surface area contributed by atoms with Crippen LogP contribution in [0.2, 0.25) is 0 Å². The van der Waals surface area contributed by atoms with Gasteiger partial charge in [-0.05, 0) is 26.8 Å². The number of benzene rings is 1. The zero-order valence-corrected chi connectivity index (χ0v) is 12.0. The number of rotatable bonds is 4. The molecule has 0 bridgehead atoms. The molecule has 0 saturated carbocycles. The van der Waals surface area contributed by atoms with Gasteiger partial charge in [0.2, 0.25) is 0 Å². The molecular weight excluding hydrogens is 254 g/mol. The van der Waals surface area contributed by atoms with E-state index in [0.717, 1.165) is 22.3 Å². The van der Waals surface area contributed by atoms with Gasteiger partial charge in [0.1, 0.15) is 0 Å². The molecule has 0 atom stereocenters. The zero-order chi connectivity index (χ0) is 14.7. The second-order valence-corrected chi connectivity index (χ2v) is 4.87. The van der Waals surface area contributed by atoms with Crippen molar-refractivity contribution in [1.82, 2.24) is 4.57 Å². The van der Waals surface area contributed by atoms with E-state index in [1.807, 2.05) is 38.1 Å². The van der Waals surface area contributed by atoms with Crippen LogP contribution >= 0.6 is 0 Å². The summed E-state index contributed by atoms with van der Waals surface area (Å²) in [6, 6.07) is 7.62. The van der Waals surface area contributed by atoms with E-state index in [1.54, 1.807) is 11.5 Å². The monoisotopic (exact) mass is 273 g/mol. The SMILES string of the molecule is CC(C)=NNc1c(C)c(=O)n(CCO)c2ccccc12. The quantitative estimate of drug-likeness (QED) is 0.662. The summed E-state index contributed by atoms with van der Waals surface area (Å²) in [6.07, 6.45) is 0. The van der Waals surface area contributed by atoms with E-state index in [4.69, 9.17) is 5.11 Å². The van der Waals surface area contributed by atoms with E-state index in [1.165, 1.54) is 0 Å². The van der Waals surface area contributed by atoms with Crippen LogP contribution in [0.1, 0.15) is 19.4 Å². The number of hydrazone groups is 1. The summed E-state index contributed by atoms with van der Waals surface area (Å²) in [5, 5.41) is 14.3. The van der Waals surface area contributed by atoms with E-state index >= 15 is 0 Å². The maximum absolute atomic E-state index is 12.4. The molecule has 0 radical (unpaired) electrons. The van der Waals surface area contributed by atoms with Gasteiger partial charge in [0.05, 0.1) is 17.8 Å². The van der Waals surface area contributed by atoms with Crippen LogP contribution in [0.5, 0.6) is 0 Å². The summed E-state index contributed by atoms with van der Waals surface area (Å²) >= 11 is 0. The van der Waals surface area contributed by atoms with Crippen LogP contribution in [0.15, 0.2) is 34.2 Å². The number of pyridine rings is 1. The summed E-state index contributed by atoms with van der Waals surface area (Å²) in [5.74, 6) is 0. The second kappa shape index (κ2) is 5.88. The van der Waals surface area contributed by atoms with Crippen molar-refractivity contribution in [2.24, 2.45) is 5.10 Å². The van der Waals surface area contributed by atoms with Gasteiger partial charge >= 0.3 is 0 Å². The number of fused-ring (bicyclic) bond motifs is 1. The molecule has 2 N–H and O–H groups in total. The van der Waals surface area contributed by atoms with Crippen molar-refractivity contribution < 1.29 is 5.11 Å². The Hall–Kier alpha value is -2.14. The fourth-order valence-electron chi connectivity index (χ4n) is 2.17. The number of hydrogen-bond donors (Lipinski definition) is 2. The molecule has 1 heterocycles. The average molecular weight is 273 g/mol. The lowest BCUT2D eigenvalue weighted by Gasteiger charge is -2.15. The van der Waals surface area contributed by atoms with Gasteiger partial charge in [0.25, 0.3) is 5.56 Å². The summed E-state index contributed by atoms with van der Waals surface area (Å²) in [5.41, 5.74) is 5.87. The molecule has 0 fully saturated rings. The molecular formula is C15H19N3O2. The lowest BCUT2D eigenvalue weighted by atomic mass is 10.1. The van der Waals surface area contributed by atoms with Crippen molar-refractivity contribution in [3.05, 3.63) is 40.2 Å². The Balaban J connectivity index is 2.76. The Bertz CT molecular complexity index is 713. The smallest absolute Gasteiger partial charge is 0.256 e. The number of hydrogen-bond acceptors (Lipinski definition) is 4. The van der Waals surface area contributed by atoms with Crippen LogP contribution in [0.4, 0.5) is 5.69 Å². The van der Waals surface area contributed by atoms with Crippen molar-refractivity contribution in [3.8, 4) is 0 Å². The number of nitrogens with zero attached hydrogens (tertiary/aromatic N) is 2. The van der Waals surface area contributed by atoms with Crippen LogP contribution in [-0.4, -0.2) is 22.0 Å². The minimum absolute atomic E-state index is 0.0671. The lowest BCUT2D eigenvalue weighted by Crippen LogP contribution is -2.25. The lowest BCUT2D eigenvalue weighted by molar-refractivity contribution is 0.276. The minimum atomic E-state index is -0.107. The first-order valence-corrected chi connectivity index (χ1v) is 6.56. The number of aromatic nitrogens is 1. The van der Waals surface area contributed by atoms with Crippen molar-refractivity contribution in [2.75, 3.05) is 12.0 Å². The normalized spacial score (nSPS) is 10.6. The molecule has 0 saturated heterocycles. The molecule has 2 aromatic rings. The zero-order valence-electron chi connectivity index (χ0n) is 12.0. The van der Waals surface area contributed by atoms with Gasteiger partial charge in [-0.25, -0.2) is 0 Å². The molecule has 106 valence electrons. The Labute approximate surface area is 117 Å². The molecule has 5 nitrogen and oxygen atoms in total. The Morgan fingerprint density at radius 3 is 2.70 bits per heavy atom. The molecule has 0 unspecified atom stereocenters. The van der Waals surface area contributed by atoms with Gasteiger partial charge in [0, 0.05) is 23.2 Å². The molecule has 0 aliphatic heterocycles. The van der Waals surface area contributed by atoms with Crippen LogP contribution in [0.25, 0.3) is 10.9 Å². The van der Waals surface area contributed by atoms with Crippen LogP contribution in [-0.2, 0) is 6.54 Å². The van der Waals surface area contributed by atoms with Crippen LogP contribution in [0.3, 0.4) is 0 Å². The molecule has 20 heavy (non-hydrogen) atoms. The van der Waals surface area contributed by atoms with Gasteiger partial charge in [0.15, 0.2) is 0 Å². The van der Waals surface area contributed by atoms with E-state index in [2.05, 4.69) is 10.5 Å². The molecule has 0 spiro atoms. The molecule has 2 rings (SSSR count). The Morgan fingerprint density at radius 1 is 1.35 bits per heavy atom. The fraction of sp³-hybridized carbons (Fsp3) is 0.333. The highest BCUT2D eigenvalue weighted by atomic mass is 16.3. The number of aliphatic hydroxyl groups excluding tert-OH is 1. The van der Waals surface area contributed by atoms with E-state index in [-0.39, 0.29) is 18.7 Å². The predicted octanol–water partition coefficient (Wildman–Crippen LogP) is 2.11. The second-order valence-electron chi connectivity index (χ2n) is 4.87. The number of aliphatic hydroxyl groups is 1. The van der Waals surface area contributed by atoms with Gasteiger partial charge in [-0.2, -0.15) is 5.10 Å². The first kappa shape index (κ1) is 14.3. The highest BCUT2D eigenvalue weighted by Crippen LogP contribution is 2.24. The first-order valence-electron chi connectivity index (χ1n) is 6.56. The van der Waals surface area contributed by atoms with Gasteiger partial charge in [-0.15, -0.1) is 0 Å². The maximum atomic E-state index is 12.4. The number of anilines is 1. The first-order chi connectivity index (χ1) is 9.56. The van der Waals surface area contributed by atoms with Crippen molar-refractivity contribution in [3.63, 3.8) is 0 Å². The predicted molar refractivity (Wildman–Crippen MR) is 82.4 cm³/mol.